The van der Waals surface area contributed by atoms with Crippen molar-refractivity contribution in [1.82, 2.24) is 20.1 Å². The van der Waals surface area contributed by atoms with E-state index >= 15 is 0 Å². The monoisotopic (exact) mass is 422 g/mol. The Morgan fingerprint density at radius 1 is 1.27 bits per heavy atom. The third kappa shape index (κ3) is 4.51. The predicted molar refractivity (Wildman–Crippen MR) is 118 cm³/mol. The van der Waals surface area contributed by atoms with Gasteiger partial charge in [-0.15, -0.1) is 0 Å². The van der Waals surface area contributed by atoms with Crippen molar-refractivity contribution in [3.8, 4) is 11.4 Å². The van der Waals surface area contributed by atoms with Gasteiger partial charge in [-0.3, -0.25) is 4.79 Å². The highest BCUT2D eigenvalue weighted by Crippen LogP contribution is 2.41. The number of pyridine rings is 1. The van der Waals surface area contributed by atoms with Gasteiger partial charge in [-0.1, -0.05) is 31.7 Å². The van der Waals surface area contributed by atoms with Gasteiger partial charge in [-0.05, 0) is 54.7 Å². The second kappa shape index (κ2) is 8.52. The molecule has 1 N–H and O–H groups in total. The van der Waals surface area contributed by atoms with Crippen LogP contribution in [-0.2, 0) is 11.2 Å². The molecule has 1 atom stereocenters. The van der Waals surface area contributed by atoms with Gasteiger partial charge < -0.3 is 10.1 Å². The highest BCUT2D eigenvalue weighted by atomic mass is 32.2. The van der Waals surface area contributed by atoms with Gasteiger partial charge in [-0.25, -0.2) is 9.67 Å². The van der Waals surface area contributed by atoms with Crippen molar-refractivity contribution in [2.75, 3.05) is 12.9 Å². The Hall–Kier alpha value is -2.80. The van der Waals surface area contributed by atoms with E-state index in [1.807, 2.05) is 53.3 Å². The van der Waals surface area contributed by atoms with Gasteiger partial charge in [0.15, 0.2) is 0 Å². The molecule has 0 bridgehead atoms. The zero-order chi connectivity index (χ0) is 21.1. The van der Waals surface area contributed by atoms with Crippen LogP contribution in [-0.4, -0.2) is 33.5 Å². The lowest BCUT2D eigenvalue weighted by Gasteiger charge is -2.36. The molecule has 0 fully saturated rings. The molecule has 4 rings (SSSR count). The molecule has 0 saturated carbocycles. The first kappa shape index (κ1) is 20.5. The van der Waals surface area contributed by atoms with Gasteiger partial charge in [0.05, 0.1) is 41.5 Å². The number of carbonyl (C=O) groups is 1. The van der Waals surface area contributed by atoms with Crippen molar-refractivity contribution < 1.29 is 9.53 Å². The van der Waals surface area contributed by atoms with E-state index in [1.165, 1.54) is 11.8 Å². The SMILES string of the molecule is COc1ccc(-n2ncc3c2CC(C)(C)CC3NC(=O)CSc2ccccn2)cc1. The number of aromatic nitrogens is 3. The predicted octanol–water partition coefficient (Wildman–Crippen LogP) is 4.20. The summed E-state index contributed by atoms with van der Waals surface area (Å²) in [6.45, 7) is 4.48. The molecule has 1 unspecified atom stereocenters. The molecule has 7 heteroatoms. The van der Waals surface area contributed by atoms with Crippen LogP contribution in [0.3, 0.4) is 0 Å². The van der Waals surface area contributed by atoms with Gasteiger partial charge in [0.1, 0.15) is 5.75 Å². The van der Waals surface area contributed by atoms with Crippen molar-refractivity contribution in [2.24, 2.45) is 5.41 Å². The maximum Gasteiger partial charge on any atom is 0.230 e. The van der Waals surface area contributed by atoms with Crippen molar-refractivity contribution in [2.45, 2.75) is 37.8 Å². The molecule has 1 aliphatic rings. The number of amides is 1. The zero-order valence-corrected chi connectivity index (χ0v) is 18.3. The van der Waals surface area contributed by atoms with E-state index < -0.39 is 0 Å². The van der Waals surface area contributed by atoms with Crippen molar-refractivity contribution in [3.05, 3.63) is 66.1 Å². The highest BCUT2D eigenvalue weighted by Gasteiger charge is 2.36. The Kier molecular flexibility index (Phi) is 5.81. The third-order valence-corrected chi connectivity index (χ3v) is 6.26. The summed E-state index contributed by atoms with van der Waals surface area (Å²) < 4.78 is 7.25. The normalized spacial score (nSPS) is 17.2. The van der Waals surface area contributed by atoms with Gasteiger partial charge >= 0.3 is 0 Å². The smallest absolute Gasteiger partial charge is 0.230 e. The molecule has 2 aromatic heterocycles. The summed E-state index contributed by atoms with van der Waals surface area (Å²) in [5.41, 5.74) is 3.30. The lowest BCUT2D eigenvalue weighted by molar-refractivity contribution is -0.119. The van der Waals surface area contributed by atoms with Crippen LogP contribution in [0.5, 0.6) is 5.75 Å². The quantitative estimate of drug-likeness (QED) is 0.603. The topological polar surface area (TPSA) is 69.0 Å². The van der Waals surface area contributed by atoms with E-state index in [1.54, 1.807) is 13.3 Å². The van der Waals surface area contributed by atoms with Crippen LogP contribution in [0.2, 0.25) is 0 Å². The molecule has 0 spiro atoms. The van der Waals surface area contributed by atoms with Gasteiger partial charge in [0.25, 0.3) is 0 Å². The Morgan fingerprint density at radius 2 is 2.07 bits per heavy atom. The van der Waals surface area contributed by atoms with E-state index in [9.17, 15) is 4.79 Å². The zero-order valence-electron chi connectivity index (χ0n) is 17.5. The third-order valence-electron chi connectivity index (χ3n) is 5.32. The number of hydrogen-bond acceptors (Lipinski definition) is 5. The molecule has 156 valence electrons. The first-order valence-electron chi connectivity index (χ1n) is 10.00. The van der Waals surface area contributed by atoms with Crippen molar-refractivity contribution in [3.63, 3.8) is 0 Å². The number of methoxy groups -OCH3 is 1. The molecule has 2 heterocycles. The number of thioether (sulfide) groups is 1. The summed E-state index contributed by atoms with van der Waals surface area (Å²) in [7, 11) is 1.66. The largest absolute Gasteiger partial charge is 0.497 e. The molecule has 0 aliphatic heterocycles. The second-order valence-corrected chi connectivity index (χ2v) is 9.27. The molecular weight excluding hydrogens is 396 g/mol. The number of hydrogen-bond donors (Lipinski definition) is 1. The average molecular weight is 423 g/mol. The van der Waals surface area contributed by atoms with Crippen molar-refractivity contribution in [1.29, 1.82) is 0 Å². The summed E-state index contributed by atoms with van der Waals surface area (Å²) in [4.78, 5) is 16.9. The van der Waals surface area contributed by atoms with Gasteiger partial charge in [0.2, 0.25) is 5.91 Å². The van der Waals surface area contributed by atoms with Crippen LogP contribution in [0, 0.1) is 5.41 Å². The van der Waals surface area contributed by atoms with Gasteiger partial charge in [-0.2, -0.15) is 5.10 Å². The number of nitrogens with zero attached hydrogens (tertiary/aromatic N) is 3. The molecule has 1 aromatic carbocycles. The van der Waals surface area contributed by atoms with Crippen LogP contribution in [0.25, 0.3) is 5.69 Å². The van der Waals surface area contributed by atoms with Crippen LogP contribution in [0.1, 0.15) is 37.6 Å². The Bertz CT molecular complexity index is 1020. The summed E-state index contributed by atoms with van der Waals surface area (Å²) in [6, 6.07) is 13.5. The fraction of sp³-hybridized carbons (Fsp3) is 0.348. The number of ether oxygens (including phenoxy) is 1. The molecular formula is C23H26N4O2S. The first-order chi connectivity index (χ1) is 14.4. The average Bonchev–Trinajstić information content (AvgIpc) is 3.16. The van der Waals surface area contributed by atoms with Crippen LogP contribution in [0.4, 0.5) is 0 Å². The minimum Gasteiger partial charge on any atom is -0.497 e. The van der Waals surface area contributed by atoms with E-state index in [0.717, 1.165) is 40.6 Å². The first-order valence-corrected chi connectivity index (χ1v) is 11.0. The minimum atomic E-state index is -0.0485. The number of rotatable bonds is 6. The second-order valence-electron chi connectivity index (χ2n) is 8.28. The minimum absolute atomic E-state index is 0.0106. The van der Waals surface area contributed by atoms with Gasteiger partial charge in [0, 0.05) is 11.8 Å². The summed E-state index contributed by atoms with van der Waals surface area (Å²) >= 11 is 1.45. The summed E-state index contributed by atoms with van der Waals surface area (Å²) in [6.07, 6.45) is 5.42. The van der Waals surface area contributed by atoms with Crippen molar-refractivity contribution >= 4 is 17.7 Å². The van der Waals surface area contributed by atoms with E-state index in [0.29, 0.717) is 5.75 Å². The highest BCUT2D eigenvalue weighted by molar-refractivity contribution is 7.99. The summed E-state index contributed by atoms with van der Waals surface area (Å²) in [5.74, 6) is 1.17. The molecule has 30 heavy (non-hydrogen) atoms. The lowest BCUT2D eigenvalue weighted by Crippen LogP contribution is -2.37. The Balaban J connectivity index is 1.53. The standard InChI is InChI=1S/C23H26N4O2S/c1-23(2)12-19(26-21(28)15-30-22-6-4-5-11-24-22)18-14-25-27(20(18)13-23)16-7-9-17(29-3)10-8-16/h4-11,14,19H,12-13,15H2,1-3H3,(H,26,28). The molecule has 0 radical (unpaired) electrons. The maximum atomic E-state index is 12.7. The molecule has 1 aliphatic carbocycles. The number of carbonyl (C=O) groups excluding carboxylic acids is 1. The Morgan fingerprint density at radius 3 is 2.77 bits per heavy atom. The fourth-order valence-electron chi connectivity index (χ4n) is 3.93. The molecule has 6 nitrogen and oxygen atoms in total. The molecule has 1 amide bonds. The Labute approximate surface area is 181 Å². The van der Waals surface area contributed by atoms with E-state index in [2.05, 4.69) is 29.2 Å². The lowest BCUT2D eigenvalue weighted by atomic mass is 9.74. The number of benzene rings is 1. The van der Waals surface area contributed by atoms with E-state index in [4.69, 9.17) is 4.74 Å². The number of fused-ring (bicyclic) bond motifs is 1. The fourth-order valence-corrected chi connectivity index (χ4v) is 4.60. The van der Waals surface area contributed by atoms with E-state index in [-0.39, 0.29) is 17.4 Å². The van der Waals surface area contributed by atoms with Crippen LogP contribution < -0.4 is 10.1 Å². The van der Waals surface area contributed by atoms with Crippen LogP contribution in [0.15, 0.2) is 59.9 Å². The molecule has 0 saturated heterocycles. The molecule has 3 aromatic rings. The number of nitrogens with one attached hydrogen (secondary N) is 1. The summed E-state index contributed by atoms with van der Waals surface area (Å²) in [5, 5.41) is 8.72. The van der Waals surface area contributed by atoms with Crippen LogP contribution >= 0.6 is 11.8 Å². The maximum absolute atomic E-state index is 12.7.